The van der Waals surface area contributed by atoms with Crippen LogP contribution in [0.4, 0.5) is 11.4 Å². The van der Waals surface area contributed by atoms with Gasteiger partial charge < -0.3 is 0 Å². The maximum Gasteiger partial charge on any atom is 0.272 e. The van der Waals surface area contributed by atoms with Gasteiger partial charge in [-0.2, -0.15) is 0 Å². The minimum Gasteiger partial charge on any atom is -0.298 e. The Hall–Kier alpha value is -3.42. The molecule has 0 saturated heterocycles. The molecule has 0 saturated carbocycles. The van der Waals surface area contributed by atoms with Gasteiger partial charge in [-0.15, -0.1) is 0 Å². The van der Waals surface area contributed by atoms with Gasteiger partial charge in [0.05, 0.1) is 9.85 Å². The Labute approximate surface area is 130 Å². The van der Waals surface area contributed by atoms with E-state index >= 15 is 0 Å². The standard InChI is InChI=1S/C8H7NO3.C7H5NO3/c1-6-4-7(5-10)2-3-8(6)9(11)12;9-5-6-1-3-7(4-2-6)8(10)11/h2-5H,1H3;1-5H. The third kappa shape index (κ3) is 5.12. The Balaban J connectivity index is 0.000000231. The number of nitro groups is 2. The molecule has 2 aromatic rings. The summed E-state index contributed by atoms with van der Waals surface area (Å²) in [5.41, 5.74) is 1.44. The van der Waals surface area contributed by atoms with E-state index in [9.17, 15) is 29.8 Å². The minimum absolute atomic E-state index is 0.00407. The number of aldehydes is 2. The Kier molecular flexibility index (Phi) is 6.23. The van der Waals surface area contributed by atoms with Crippen molar-refractivity contribution in [3.05, 3.63) is 79.4 Å². The fourth-order valence-corrected chi connectivity index (χ4v) is 1.63. The van der Waals surface area contributed by atoms with Gasteiger partial charge in [0.25, 0.3) is 11.4 Å². The van der Waals surface area contributed by atoms with Crippen LogP contribution in [-0.2, 0) is 0 Å². The molecule has 0 aliphatic carbocycles. The fourth-order valence-electron chi connectivity index (χ4n) is 1.63. The first kappa shape index (κ1) is 17.6. The molecular formula is C15H12N2O6. The molecule has 0 aliphatic heterocycles. The highest BCUT2D eigenvalue weighted by Crippen LogP contribution is 2.17. The van der Waals surface area contributed by atoms with Crippen molar-refractivity contribution in [3.8, 4) is 0 Å². The summed E-state index contributed by atoms with van der Waals surface area (Å²) < 4.78 is 0. The lowest BCUT2D eigenvalue weighted by atomic mass is 10.1. The maximum atomic E-state index is 10.3. The predicted octanol–water partition coefficient (Wildman–Crippen LogP) is 3.12. The molecule has 8 heteroatoms. The van der Waals surface area contributed by atoms with E-state index in [0.717, 1.165) is 0 Å². The minimum atomic E-state index is -0.505. The molecule has 0 N–H and O–H groups in total. The summed E-state index contributed by atoms with van der Waals surface area (Å²) in [5, 5.41) is 20.5. The number of hydrogen-bond donors (Lipinski definition) is 0. The second-order valence-electron chi connectivity index (χ2n) is 4.39. The van der Waals surface area contributed by atoms with Crippen LogP contribution in [-0.4, -0.2) is 22.4 Å². The summed E-state index contributed by atoms with van der Waals surface area (Å²) in [6, 6.07) is 9.66. The molecule has 0 atom stereocenters. The molecule has 0 aromatic heterocycles. The SMILES string of the molecule is Cc1cc(C=O)ccc1[N+](=O)[O-].O=Cc1ccc([N+](=O)[O-])cc1. The van der Waals surface area contributed by atoms with Gasteiger partial charge in [-0.05, 0) is 31.2 Å². The van der Waals surface area contributed by atoms with E-state index in [1.54, 1.807) is 6.92 Å². The van der Waals surface area contributed by atoms with Gasteiger partial charge >= 0.3 is 0 Å². The quantitative estimate of drug-likeness (QED) is 0.485. The van der Waals surface area contributed by atoms with Gasteiger partial charge in [-0.1, -0.05) is 0 Å². The normalized spacial score (nSPS) is 9.26. The average Bonchev–Trinajstić information content (AvgIpc) is 2.55. The lowest BCUT2D eigenvalue weighted by molar-refractivity contribution is -0.385. The lowest BCUT2D eigenvalue weighted by Gasteiger charge is -1.96. The van der Waals surface area contributed by atoms with E-state index < -0.39 is 9.85 Å². The largest absolute Gasteiger partial charge is 0.298 e. The first-order valence-electron chi connectivity index (χ1n) is 6.29. The highest BCUT2D eigenvalue weighted by molar-refractivity contribution is 5.76. The molecule has 2 rings (SSSR count). The third-order valence-electron chi connectivity index (χ3n) is 2.79. The molecule has 0 heterocycles. The number of aryl methyl sites for hydroxylation is 1. The van der Waals surface area contributed by atoms with Gasteiger partial charge in [0.15, 0.2) is 0 Å². The number of carbonyl (C=O) groups excluding carboxylic acids is 2. The molecule has 0 fully saturated rings. The Morgan fingerprint density at radius 1 is 0.826 bits per heavy atom. The van der Waals surface area contributed by atoms with Crippen LogP contribution in [0.5, 0.6) is 0 Å². The van der Waals surface area contributed by atoms with Crippen LogP contribution in [0.3, 0.4) is 0 Å². The van der Waals surface area contributed by atoms with Crippen molar-refractivity contribution in [3.63, 3.8) is 0 Å². The highest BCUT2D eigenvalue weighted by atomic mass is 16.6. The van der Waals surface area contributed by atoms with Gasteiger partial charge in [0, 0.05) is 34.9 Å². The summed E-state index contributed by atoms with van der Waals surface area (Å²) in [7, 11) is 0. The van der Waals surface area contributed by atoms with E-state index in [1.165, 1.54) is 42.5 Å². The summed E-state index contributed by atoms with van der Waals surface area (Å²) in [6.07, 6.45) is 1.31. The Morgan fingerprint density at radius 2 is 1.35 bits per heavy atom. The number of benzene rings is 2. The summed E-state index contributed by atoms with van der Waals surface area (Å²) in [4.78, 5) is 39.9. The summed E-state index contributed by atoms with van der Waals surface area (Å²) >= 11 is 0. The predicted molar refractivity (Wildman–Crippen MR) is 81.7 cm³/mol. The van der Waals surface area contributed by atoms with Crippen LogP contribution in [0.15, 0.2) is 42.5 Å². The third-order valence-corrected chi connectivity index (χ3v) is 2.79. The van der Waals surface area contributed by atoms with E-state index in [-0.39, 0.29) is 11.4 Å². The van der Waals surface area contributed by atoms with Crippen molar-refractivity contribution in [2.45, 2.75) is 6.92 Å². The molecular weight excluding hydrogens is 304 g/mol. The fraction of sp³-hybridized carbons (Fsp3) is 0.0667. The van der Waals surface area contributed by atoms with Gasteiger partial charge in [0.1, 0.15) is 12.6 Å². The van der Waals surface area contributed by atoms with Crippen LogP contribution < -0.4 is 0 Å². The van der Waals surface area contributed by atoms with Gasteiger partial charge in [-0.25, -0.2) is 0 Å². The monoisotopic (exact) mass is 316 g/mol. The number of nitrogens with zero attached hydrogens (tertiary/aromatic N) is 2. The maximum absolute atomic E-state index is 10.3. The summed E-state index contributed by atoms with van der Waals surface area (Å²) in [6.45, 7) is 1.60. The van der Waals surface area contributed by atoms with E-state index in [0.29, 0.717) is 29.3 Å². The van der Waals surface area contributed by atoms with E-state index in [4.69, 9.17) is 0 Å². The van der Waals surface area contributed by atoms with Crippen LogP contribution in [0.1, 0.15) is 26.3 Å². The number of nitro benzene ring substituents is 2. The highest BCUT2D eigenvalue weighted by Gasteiger charge is 2.09. The Morgan fingerprint density at radius 3 is 1.74 bits per heavy atom. The molecule has 0 bridgehead atoms. The molecule has 118 valence electrons. The average molecular weight is 316 g/mol. The van der Waals surface area contributed by atoms with Gasteiger partial charge in [0.2, 0.25) is 0 Å². The van der Waals surface area contributed by atoms with Crippen LogP contribution >= 0.6 is 0 Å². The molecule has 0 unspecified atom stereocenters. The molecule has 0 radical (unpaired) electrons. The molecule has 0 amide bonds. The number of non-ortho nitro benzene ring substituents is 1. The lowest BCUT2D eigenvalue weighted by Crippen LogP contribution is -1.92. The van der Waals surface area contributed by atoms with E-state index in [2.05, 4.69) is 0 Å². The van der Waals surface area contributed by atoms with Crippen molar-refractivity contribution in [2.75, 3.05) is 0 Å². The van der Waals surface area contributed by atoms with Crippen LogP contribution in [0, 0.1) is 27.2 Å². The molecule has 2 aromatic carbocycles. The van der Waals surface area contributed by atoms with Crippen molar-refractivity contribution >= 4 is 23.9 Å². The van der Waals surface area contributed by atoms with Crippen molar-refractivity contribution in [1.29, 1.82) is 0 Å². The van der Waals surface area contributed by atoms with Crippen molar-refractivity contribution in [1.82, 2.24) is 0 Å². The van der Waals surface area contributed by atoms with Crippen LogP contribution in [0.25, 0.3) is 0 Å². The molecule has 8 nitrogen and oxygen atoms in total. The van der Waals surface area contributed by atoms with Crippen molar-refractivity contribution < 1.29 is 19.4 Å². The van der Waals surface area contributed by atoms with E-state index in [1.807, 2.05) is 0 Å². The van der Waals surface area contributed by atoms with Crippen molar-refractivity contribution in [2.24, 2.45) is 0 Å². The number of rotatable bonds is 4. The second-order valence-corrected chi connectivity index (χ2v) is 4.39. The molecule has 23 heavy (non-hydrogen) atoms. The second kappa shape index (κ2) is 8.13. The molecule has 0 spiro atoms. The first-order chi connectivity index (χ1) is 10.9. The summed E-state index contributed by atoms with van der Waals surface area (Å²) in [5.74, 6) is 0. The first-order valence-corrected chi connectivity index (χ1v) is 6.29. The Bertz CT molecular complexity index is 740. The molecule has 0 aliphatic rings. The number of hydrogen-bond acceptors (Lipinski definition) is 6. The zero-order valence-electron chi connectivity index (χ0n) is 12.0. The smallest absolute Gasteiger partial charge is 0.272 e. The topological polar surface area (TPSA) is 120 Å². The number of carbonyl (C=O) groups is 2. The zero-order chi connectivity index (χ0) is 17.4. The zero-order valence-corrected chi connectivity index (χ0v) is 12.0. The van der Waals surface area contributed by atoms with Gasteiger partial charge in [-0.3, -0.25) is 29.8 Å². The van der Waals surface area contributed by atoms with Crippen LogP contribution in [0.2, 0.25) is 0 Å².